The Balaban J connectivity index is 2.18. The number of nitro benzene ring substituents is 1. The number of nitro groups is 1. The average Bonchev–Trinajstić information content (AvgIpc) is 3.10. The first-order valence-corrected chi connectivity index (χ1v) is 8.89. The van der Waals surface area contributed by atoms with Gasteiger partial charge in [0.05, 0.1) is 16.2 Å². The van der Waals surface area contributed by atoms with Gasteiger partial charge in [0.2, 0.25) is 5.91 Å². The number of nitrogens with one attached hydrogen (secondary N) is 1. The van der Waals surface area contributed by atoms with Gasteiger partial charge in [-0.15, -0.1) is 10.2 Å². The normalized spacial score (nSPS) is 10.6. The lowest BCUT2D eigenvalue weighted by atomic mass is 10.1. The number of hydrogen-bond acceptors (Lipinski definition) is 7. The smallest absolute Gasteiger partial charge is 0.283 e. The highest BCUT2D eigenvalue weighted by molar-refractivity contribution is 7.99. The zero-order chi connectivity index (χ0) is 19.4. The minimum absolute atomic E-state index is 0.0293. The fourth-order valence-corrected chi connectivity index (χ4v) is 3.36. The Hall–Kier alpha value is -3.24. The van der Waals surface area contributed by atoms with Gasteiger partial charge >= 0.3 is 0 Å². The maximum absolute atomic E-state index is 11.6. The first-order chi connectivity index (χ1) is 13.0. The molecule has 1 aromatic heterocycles. The highest BCUT2D eigenvalue weighted by Crippen LogP contribution is 2.35. The molecule has 1 amide bonds. The number of hydrogen-bond donors (Lipinski definition) is 2. The van der Waals surface area contributed by atoms with Crippen molar-refractivity contribution in [1.29, 1.82) is 0 Å². The summed E-state index contributed by atoms with van der Waals surface area (Å²) in [5.74, 6) is 5.12. The molecule has 0 saturated carbocycles. The van der Waals surface area contributed by atoms with E-state index in [9.17, 15) is 14.9 Å². The molecule has 0 aliphatic rings. The van der Waals surface area contributed by atoms with Gasteiger partial charge in [-0.1, -0.05) is 42.1 Å². The van der Waals surface area contributed by atoms with Gasteiger partial charge in [-0.3, -0.25) is 24.9 Å². The summed E-state index contributed by atoms with van der Waals surface area (Å²) in [7, 11) is 0. The third-order valence-electron chi connectivity index (χ3n) is 3.80. The minimum Gasteiger partial charge on any atom is -0.294 e. The van der Waals surface area contributed by atoms with Crippen molar-refractivity contribution >= 4 is 23.4 Å². The quantitative estimate of drug-likeness (QED) is 0.219. The van der Waals surface area contributed by atoms with Crippen LogP contribution in [0.3, 0.4) is 0 Å². The summed E-state index contributed by atoms with van der Waals surface area (Å²) in [6, 6.07) is 14.2. The molecule has 3 aromatic rings. The van der Waals surface area contributed by atoms with Crippen molar-refractivity contribution < 1.29 is 9.72 Å². The average molecular weight is 384 g/mol. The molecule has 27 heavy (non-hydrogen) atoms. The van der Waals surface area contributed by atoms with E-state index in [1.54, 1.807) is 29.7 Å². The monoisotopic (exact) mass is 384 g/mol. The summed E-state index contributed by atoms with van der Waals surface area (Å²) < 4.78 is 1.69. The number of amides is 1. The van der Waals surface area contributed by atoms with Crippen molar-refractivity contribution in [1.82, 2.24) is 20.2 Å². The Morgan fingerprint density at radius 3 is 2.63 bits per heavy atom. The summed E-state index contributed by atoms with van der Waals surface area (Å²) in [5.41, 5.74) is 3.63. The molecule has 10 heteroatoms. The highest BCUT2D eigenvalue weighted by Gasteiger charge is 2.25. The lowest BCUT2D eigenvalue weighted by Gasteiger charge is -2.11. The SMILES string of the molecule is Cc1cccc(-c2nnc(SCC(=O)NN)n2-c2ccccc2)c1[N+](=O)[O-]. The van der Waals surface area contributed by atoms with Gasteiger partial charge in [0.25, 0.3) is 5.69 Å². The lowest BCUT2D eigenvalue weighted by Crippen LogP contribution is -2.31. The molecule has 0 unspecified atom stereocenters. The largest absolute Gasteiger partial charge is 0.294 e. The molecule has 9 nitrogen and oxygen atoms in total. The van der Waals surface area contributed by atoms with Crippen molar-refractivity contribution in [3.05, 3.63) is 64.2 Å². The van der Waals surface area contributed by atoms with Crippen LogP contribution in [0.4, 0.5) is 5.69 Å². The molecule has 1 heterocycles. The number of para-hydroxylation sites is 2. The number of aromatic nitrogens is 3. The molecular weight excluding hydrogens is 368 g/mol. The van der Waals surface area contributed by atoms with Gasteiger partial charge in [-0.05, 0) is 25.1 Å². The molecule has 3 rings (SSSR count). The fourth-order valence-electron chi connectivity index (χ4n) is 2.60. The molecular formula is C17H16N6O3S. The number of nitrogens with two attached hydrogens (primary N) is 1. The fraction of sp³-hybridized carbons (Fsp3) is 0.118. The van der Waals surface area contributed by atoms with Gasteiger partial charge in [-0.25, -0.2) is 5.84 Å². The molecule has 0 aliphatic carbocycles. The predicted molar refractivity (Wildman–Crippen MR) is 101 cm³/mol. The van der Waals surface area contributed by atoms with Gasteiger partial charge in [0, 0.05) is 11.3 Å². The van der Waals surface area contributed by atoms with Crippen molar-refractivity contribution in [3.63, 3.8) is 0 Å². The predicted octanol–water partition coefficient (Wildman–Crippen LogP) is 2.23. The number of nitrogens with zero attached hydrogens (tertiary/aromatic N) is 4. The van der Waals surface area contributed by atoms with Crippen LogP contribution in [0.2, 0.25) is 0 Å². The van der Waals surface area contributed by atoms with Crippen LogP contribution < -0.4 is 11.3 Å². The molecule has 0 aliphatic heterocycles. The van der Waals surface area contributed by atoms with E-state index in [1.807, 2.05) is 30.3 Å². The van der Waals surface area contributed by atoms with Crippen LogP contribution in [0.5, 0.6) is 0 Å². The van der Waals surface area contributed by atoms with Gasteiger partial charge < -0.3 is 0 Å². The zero-order valence-electron chi connectivity index (χ0n) is 14.3. The van der Waals surface area contributed by atoms with E-state index in [4.69, 9.17) is 5.84 Å². The summed E-state index contributed by atoms with van der Waals surface area (Å²) in [4.78, 5) is 22.7. The Bertz CT molecular complexity index is 990. The van der Waals surface area contributed by atoms with Crippen LogP contribution in [0, 0.1) is 17.0 Å². The number of benzene rings is 2. The molecule has 0 atom stereocenters. The van der Waals surface area contributed by atoms with E-state index >= 15 is 0 Å². The first kappa shape index (κ1) is 18.5. The van der Waals surface area contributed by atoms with E-state index in [0.717, 1.165) is 17.4 Å². The van der Waals surface area contributed by atoms with Crippen LogP contribution >= 0.6 is 11.8 Å². The van der Waals surface area contributed by atoms with E-state index in [1.165, 1.54) is 0 Å². The van der Waals surface area contributed by atoms with E-state index in [2.05, 4.69) is 15.6 Å². The van der Waals surface area contributed by atoms with E-state index in [-0.39, 0.29) is 17.3 Å². The van der Waals surface area contributed by atoms with Crippen molar-refractivity contribution in [2.24, 2.45) is 5.84 Å². The van der Waals surface area contributed by atoms with Crippen LogP contribution in [0.15, 0.2) is 53.7 Å². The Kier molecular flexibility index (Phi) is 5.48. The maximum atomic E-state index is 11.6. The molecule has 3 N–H and O–H groups in total. The Labute approximate surface area is 158 Å². The molecule has 2 aromatic carbocycles. The highest BCUT2D eigenvalue weighted by atomic mass is 32.2. The topological polar surface area (TPSA) is 129 Å². The number of carbonyl (C=O) groups is 1. The first-order valence-electron chi connectivity index (χ1n) is 7.90. The summed E-state index contributed by atoms with van der Waals surface area (Å²) in [6.45, 7) is 1.67. The van der Waals surface area contributed by atoms with Crippen LogP contribution in [-0.2, 0) is 4.79 Å². The van der Waals surface area contributed by atoms with Crippen LogP contribution in [0.1, 0.15) is 5.56 Å². The van der Waals surface area contributed by atoms with Crippen molar-refractivity contribution in [2.75, 3.05) is 5.75 Å². The molecule has 0 bridgehead atoms. The van der Waals surface area contributed by atoms with E-state index in [0.29, 0.717) is 22.1 Å². The van der Waals surface area contributed by atoms with Gasteiger partial charge in [0.1, 0.15) is 0 Å². The number of thioether (sulfide) groups is 1. The number of hydrazine groups is 1. The second kappa shape index (κ2) is 7.98. The molecule has 0 radical (unpaired) electrons. The number of rotatable bonds is 6. The second-order valence-electron chi connectivity index (χ2n) is 5.56. The standard InChI is InChI=1S/C17H16N6O3S/c1-11-6-5-9-13(15(11)23(25)26)16-20-21-17(27-10-14(24)19-18)22(16)12-7-3-2-4-8-12/h2-9H,10,18H2,1H3,(H,19,24). The molecule has 0 spiro atoms. The Morgan fingerprint density at radius 1 is 1.22 bits per heavy atom. The Morgan fingerprint density at radius 2 is 1.96 bits per heavy atom. The number of carbonyl (C=O) groups excluding carboxylic acids is 1. The zero-order valence-corrected chi connectivity index (χ0v) is 15.1. The number of aryl methyl sites for hydroxylation is 1. The van der Waals surface area contributed by atoms with Crippen LogP contribution in [-0.4, -0.2) is 31.3 Å². The molecule has 138 valence electrons. The summed E-state index contributed by atoms with van der Waals surface area (Å²) in [5, 5.41) is 20.3. The summed E-state index contributed by atoms with van der Waals surface area (Å²) >= 11 is 1.14. The third kappa shape index (κ3) is 3.81. The molecule has 0 saturated heterocycles. The molecule has 0 fully saturated rings. The lowest BCUT2D eigenvalue weighted by molar-refractivity contribution is -0.384. The minimum atomic E-state index is -0.427. The second-order valence-corrected chi connectivity index (χ2v) is 6.50. The van der Waals surface area contributed by atoms with Gasteiger partial charge in [0.15, 0.2) is 11.0 Å². The van der Waals surface area contributed by atoms with Gasteiger partial charge in [-0.2, -0.15) is 0 Å². The summed E-state index contributed by atoms with van der Waals surface area (Å²) in [6.07, 6.45) is 0. The maximum Gasteiger partial charge on any atom is 0.283 e. The van der Waals surface area contributed by atoms with Crippen molar-refractivity contribution in [3.8, 4) is 17.1 Å². The van der Waals surface area contributed by atoms with Crippen molar-refractivity contribution in [2.45, 2.75) is 12.1 Å². The van der Waals surface area contributed by atoms with E-state index < -0.39 is 4.92 Å². The third-order valence-corrected chi connectivity index (χ3v) is 4.73. The van der Waals surface area contributed by atoms with Crippen LogP contribution in [0.25, 0.3) is 17.1 Å².